The van der Waals surface area contributed by atoms with E-state index in [4.69, 9.17) is 0 Å². The molecule has 3 heteroatoms. The summed E-state index contributed by atoms with van der Waals surface area (Å²) < 4.78 is 0. The Kier molecular flexibility index (Phi) is 4.30. The molecular formula is C25H18N2S. The molecule has 0 saturated carbocycles. The van der Waals surface area contributed by atoms with Crippen LogP contribution in [0.5, 0.6) is 0 Å². The number of H-pyrrole nitrogens is 2. The average molecular weight is 379 g/mol. The Morgan fingerprint density at radius 3 is 2.39 bits per heavy atom. The van der Waals surface area contributed by atoms with Crippen molar-refractivity contribution < 1.29 is 0 Å². The van der Waals surface area contributed by atoms with Crippen LogP contribution in [-0.4, -0.2) is 9.97 Å². The molecule has 0 radical (unpaired) electrons. The van der Waals surface area contributed by atoms with E-state index in [0.29, 0.717) is 0 Å². The molecule has 2 nitrogen and oxygen atoms in total. The van der Waals surface area contributed by atoms with E-state index < -0.39 is 0 Å². The molecule has 0 aliphatic rings. The first-order chi connectivity index (χ1) is 13.9. The van der Waals surface area contributed by atoms with Gasteiger partial charge in [0.05, 0.1) is 11.0 Å². The van der Waals surface area contributed by atoms with E-state index in [-0.39, 0.29) is 0 Å². The predicted octanol–water partition coefficient (Wildman–Crippen LogP) is 5.15. The lowest BCUT2D eigenvalue weighted by atomic mass is 10.1. The number of benzene rings is 2. The van der Waals surface area contributed by atoms with Crippen molar-refractivity contribution in [3.05, 3.63) is 106 Å². The van der Waals surface area contributed by atoms with Crippen LogP contribution in [-0.2, 0) is 0 Å². The molecular weight excluding hydrogens is 360 g/mol. The number of fused-ring (bicyclic) bond motifs is 1. The van der Waals surface area contributed by atoms with Gasteiger partial charge < -0.3 is 9.97 Å². The first-order valence-electron chi connectivity index (χ1n) is 9.20. The van der Waals surface area contributed by atoms with Gasteiger partial charge in [-0.3, -0.25) is 0 Å². The Balaban J connectivity index is 1.62. The SMILES string of the molecule is C(=Cc1cccs1)=c1ccc(=Cc2[nH]c(-c3ccccc3)c3ccccc23)[nH]1. The first kappa shape index (κ1) is 16.6. The van der Waals surface area contributed by atoms with Crippen LogP contribution in [0.3, 0.4) is 0 Å². The van der Waals surface area contributed by atoms with E-state index in [1.54, 1.807) is 11.3 Å². The van der Waals surface area contributed by atoms with Crippen molar-refractivity contribution in [3.63, 3.8) is 0 Å². The van der Waals surface area contributed by atoms with Crippen molar-refractivity contribution in [3.8, 4) is 11.3 Å². The topological polar surface area (TPSA) is 31.6 Å². The van der Waals surface area contributed by atoms with Crippen LogP contribution in [0.25, 0.3) is 39.9 Å². The summed E-state index contributed by atoms with van der Waals surface area (Å²) in [6, 6.07) is 27.2. The van der Waals surface area contributed by atoms with Crippen LogP contribution < -0.4 is 10.7 Å². The molecule has 3 heterocycles. The number of thiophene rings is 1. The molecule has 5 rings (SSSR count). The monoisotopic (exact) mass is 378 g/mol. The summed E-state index contributed by atoms with van der Waals surface area (Å²) in [5.41, 5.74) is 6.77. The van der Waals surface area contributed by atoms with E-state index in [1.807, 2.05) is 18.2 Å². The maximum Gasteiger partial charge on any atom is 0.0818 e. The number of nitrogens with one attached hydrogen (secondary N) is 2. The molecule has 0 aliphatic carbocycles. The van der Waals surface area contributed by atoms with Gasteiger partial charge in [-0.25, -0.2) is 0 Å². The smallest absolute Gasteiger partial charge is 0.0818 e. The fourth-order valence-electron chi connectivity index (χ4n) is 3.41. The summed E-state index contributed by atoms with van der Waals surface area (Å²) >= 11 is 1.71. The number of rotatable bonds is 3. The minimum absolute atomic E-state index is 0.971. The van der Waals surface area contributed by atoms with Gasteiger partial charge in [-0.15, -0.1) is 11.3 Å². The zero-order chi connectivity index (χ0) is 18.8. The van der Waals surface area contributed by atoms with Crippen LogP contribution in [0.15, 0.2) is 84.2 Å². The van der Waals surface area contributed by atoms with Crippen molar-refractivity contribution in [2.45, 2.75) is 0 Å². The standard InChI is InChI=1S/C25H18N2S/c1-2-7-18(8-3-1)25-23-11-5-4-10-22(23)24(27-25)17-20-13-12-19(26-20)14-15-21-9-6-16-28-21/h1-13,15-17,26-27H. The fourth-order valence-corrected chi connectivity index (χ4v) is 4.01. The molecule has 5 aromatic rings. The highest BCUT2D eigenvalue weighted by Crippen LogP contribution is 2.30. The molecule has 0 amide bonds. The van der Waals surface area contributed by atoms with Gasteiger partial charge in [-0.2, -0.15) is 0 Å². The molecule has 0 atom stereocenters. The Hall–Kier alpha value is -3.52. The predicted molar refractivity (Wildman–Crippen MR) is 120 cm³/mol. The number of aromatic amines is 2. The van der Waals surface area contributed by atoms with Gasteiger partial charge in [0.2, 0.25) is 0 Å². The van der Waals surface area contributed by atoms with Crippen LogP contribution in [0.4, 0.5) is 0 Å². The average Bonchev–Trinajstić information content (AvgIpc) is 3.48. The second kappa shape index (κ2) is 7.24. The molecule has 3 aromatic heterocycles. The maximum absolute atomic E-state index is 3.62. The fraction of sp³-hybridized carbons (Fsp3) is 0. The lowest BCUT2D eigenvalue weighted by Gasteiger charge is -1.98. The van der Waals surface area contributed by atoms with Gasteiger partial charge in [0.15, 0.2) is 0 Å². The molecule has 134 valence electrons. The summed E-state index contributed by atoms with van der Waals surface area (Å²) in [6.45, 7) is 0. The zero-order valence-electron chi connectivity index (χ0n) is 15.1. The molecule has 2 N–H and O–H groups in total. The normalized spacial score (nSPS) is 11.6. The molecule has 0 aliphatic heterocycles. The third-order valence-electron chi connectivity index (χ3n) is 4.73. The second-order valence-electron chi connectivity index (χ2n) is 6.60. The van der Waals surface area contributed by atoms with Crippen molar-refractivity contribution >= 4 is 40.0 Å². The van der Waals surface area contributed by atoms with Crippen molar-refractivity contribution in [2.24, 2.45) is 0 Å². The minimum Gasteiger partial charge on any atom is -0.354 e. The van der Waals surface area contributed by atoms with Crippen LogP contribution in [0.1, 0.15) is 10.6 Å². The van der Waals surface area contributed by atoms with Gasteiger partial charge >= 0.3 is 0 Å². The molecule has 0 saturated heterocycles. The van der Waals surface area contributed by atoms with Crippen molar-refractivity contribution in [1.29, 1.82) is 0 Å². The van der Waals surface area contributed by atoms with Crippen molar-refractivity contribution in [1.82, 2.24) is 9.97 Å². The highest BCUT2D eigenvalue weighted by molar-refractivity contribution is 7.10. The molecule has 0 spiro atoms. The Labute approximate surface area is 166 Å². The van der Waals surface area contributed by atoms with Crippen LogP contribution in [0.2, 0.25) is 0 Å². The number of aromatic nitrogens is 2. The maximum atomic E-state index is 3.62. The number of hydrogen-bond donors (Lipinski definition) is 2. The van der Waals surface area contributed by atoms with Gasteiger partial charge in [0.1, 0.15) is 0 Å². The van der Waals surface area contributed by atoms with E-state index in [1.165, 1.54) is 21.2 Å². The van der Waals surface area contributed by atoms with E-state index in [9.17, 15) is 0 Å². The van der Waals surface area contributed by atoms with E-state index in [2.05, 4.69) is 93.9 Å². The van der Waals surface area contributed by atoms with Crippen LogP contribution >= 0.6 is 11.3 Å². The van der Waals surface area contributed by atoms with Gasteiger partial charge in [0, 0.05) is 26.7 Å². The van der Waals surface area contributed by atoms with Crippen molar-refractivity contribution in [2.75, 3.05) is 0 Å². The highest BCUT2D eigenvalue weighted by Gasteiger charge is 2.09. The lowest BCUT2D eigenvalue weighted by molar-refractivity contribution is 1.27. The summed E-state index contributed by atoms with van der Waals surface area (Å²) in [4.78, 5) is 8.24. The summed E-state index contributed by atoms with van der Waals surface area (Å²) in [5, 5.41) is 6.54. The third kappa shape index (κ3) is 3.25. The van der Waals surface area contributed by atoms with Gasteiger partial charge in [-0.1, -0.05) is 66.4 Å². The quantitative estimate of drug-likeness (QED) is 0.435. The Morgan fingerprint density at radius 2 is 1.57 bits per heavy atom. The summed E-state index contributed by atoms with van der Waals surface area (Å²) in [7, 11) is 0. The Bertz CT molecular complexity index is 1380. The molecule has 28 heavy (non-hydrogen) atoms. The Morgan fingerprint density at radius 1 is 0.750 bits per heavy atom. The summed E-state index contributed by atoms with van der Waals surface area (Å²) in [5.74, 6) is 0. The first-order valence-corrected chi connectivity index (χ1v) is 10.1. The molecule has 0 fully saturated rings. The summed E-state index contributed by atoms with van der Waals surface area (Å²) in [6.07, 6.45) is 4.17. The minimum atomic E-state index is 0.971. The molecule has 0 bridgehead atoms. The third-order valence-corrected chi connectivity index (χ3v) is 5.55. The lowest BCUT2D eigenvalue weighted by Crippen LogP contribution is -2.08. The second-order valence-corrected chi connectivity index (χ2v) is 7.58. The van der Waals surface area contributed by atoms with Crippen LogP contribution in [0, 0.1) is 0 Å². The highest BCUT2D eigenvalue weighted by atomic mass is 32.1. The van der Waals surface area contributed by atoms with Gasteiger partial charge in [0.25, 0.3) is 0 Å². The van der Waals surface area contributed by atoms with E-state index in [0.717, 1.165) is 22.1 Å². The largest absolute Gasteiger partial charge is 0.354 e. The molecule has 2 aromatic carbocycles. The van der Waals surface area contributed by atoms with E-state index >= 15 is 0 Å². The molecule has 0 unspecified atom stereocenters. The van der Waals surface area contributed by atoms with Gasteiger partial charge in [-0.05, 0) is 41.3 Å². The zero-order valence-corrected chi connectivity index (χ0v) is 16.0. The number of hydrogen-bond acceptors (Lipinski definition) is 1.